The van der Waals surface area contributed by atoms with Crippen LogP contribution in [0.25, 0.3) is 0 Å². The SMILES string of the molecule is CCCCCc1ccc(NS(=O)(=O)c2cnc[nH]2)cc1. The van der Waals surface area contributed by atoms with Crippen molar-refractivity contribution in [2.24, 2.45) is 0 Å². The fraction of sp³-hybridized carbons (Fsp3) is 0.357. The standard InChI is InChI=1S/C14H19N3O2S/c1-2-3-4-5-12-6-8-13(9-7-12)17-20(18,19)14-10-15-11-16-14/h6-11,17H,2-5H2,1H3,(H,15,16). The summed E-state index contributed by atoms with van der Waals surface area (Å²) in [6.45, 7) is 2.17. The Morgan fingerprint density at radius 3 is 2.55 bits per heavy atom. The van der Waals surface area contributed by atoms with Crippen LogP contribution in [0.1, 0.15) is 31.7 Å². The van der Waals surface area contributed by atoms with Gasteiger partial charge in [0.25, 0.3) is 10.0 Å². The van der Waals surface area contributed by atoms with Crippen molar-refractivity contribution in [3.8, 4) is 0 Å². The Labute approximate surface area is 119 Å². The van der Waals surface area contributed by atoms with Crippen LogP contribution in [-0.2, 0) is 16.4 Å². The smallest absolute Gasteiger partial charge is 0.278 e. The van der Waals surface area contributed by atoms with E-state index in [1.54, 1.807) is 12.1 Å². The van der Waals surface area contributed by atoms with Crippen molar-refractivity contribution in [2.45, 2.75) is 37.6 Å². The van der Waals surface area contributed by atoms with Crippen molar-refractivity contribution >= 4 is 15.7 Å². The lowest BCUT2D eigenvalue weighted by atomic mass is 10.1. The van der Waals surface area contributed by atoms with E-state index in [9.17, 15) is 8.42 Å². The number of imidazole rings is 1. The molecule has 20 heavy (non-hydrogen) atoms. The Hall–Kier alpha value is -1.82. The van der Waals surface area contributed by atoms with Gasteiger partial charge in [0.15, 0.2) is 5.03 Å². The molecule has 6 heteroatoms. The highest BCUT2D eigenvalue weighted by atomic mass is 32.2. The number of nitrogens with zero attached hydrogens (tertiary/aromatic N) is 1. The number of hydrogen-bond donors (Lipinski definition) is 2. The maximum absolute atomic E-state index is 12.0. The Bertz CT molecular complexity index is 619. The quantitative estimate of drug-likeness (QED) is 0.771. The molecule has 0 amide bonds. The number of aromatic amines is 1. The molecule has 0 aliphatic carbocycles. The van der Waals surface area contributed by atoms with Gasteiger partial charge in [-0.05, 0) is 30.5 Å². The number of unbranched alkanes of at least 4 members (excludes halogenated alkanes) is 2. The molecule has 1 aromatic carbocycles. The summed E-state index contributed by atoms with van der Waals surface area (Å²) in [5.41, 5.74) is 1.78. The van der Waals surface area contributed by atoms with Gasteiger partial charge in [-0.1, -0.05) is 31.9 Å². The number of aromatic nitrogens is 2. The third kappa shape index (κ3) is 3.84. The molecule has 0 saturated carbocycles. The minimum atomic E-state index is -3.57. The lowest BCUT2D eigenvalue weighted by Gasteiger charge is -2.07. The van der Waals surface area contributed by atoms with E-state index in [1.807, 2.05) is 12.1 Å². The molecule has 0 aliphatic rings. The Morgan fingerprint density at radius 2 is 1.95 bits per heavy atom. The molecule has 0 bridgehead atoms. The molecule has 0 saturated heterocycles. The first kappa shape index (κ1) is 14.6. The van der Waals surface area contributed by atoms with Crippen LogP contribution in [-0.4, -0.2) is 18.4 Å². The van der Waals surface area contributed by atoms with Gasteiger partial charge < -0.3 is 4.98 Å². The van der Waals surface area contributed by atoms with Crippen molar-refractivity contribution in [3.05, 3.63) is 42.4 Å². The molecule has 2 rings (SSSR count). The van der Waals surface area contributed by atoms with E-state index in [2.05, 4.69) is 21.6 Å². The highest BCUT2D eigenvalue weighted by molar-refractivity contribution is 7.92. The third-order valence-corrected chi connectivity index (χ3v) is 4.34. The molecule has 0 unspecified atom stereocenters. The number of hydrogen-bond acceptors (Lipinski definition) is 3. The van der Waals surface area contributed by atoms with Crippen LogP contribution in [0.2, 0.25) is 0 Å². The molecule has 1 aromatic heterocycles. The fourth-order valence-corrected chi connectivity index (χ4v) is 2.88. The minimum absolute atomic E-state index is 0.0597. The van der Waals surface area contributed by atoms with Gasteiger partial charge in [0.05, 0.1) is 12.5 Å². The van der Waals surface area contributed by atoms with Gasteiger partial charge in [0.1, 0.15) is 0 Å². The molecular weight excluding hydrogens is 274 g/mol. The van der Waals surface area contributed by atoms with Crippen LogP contribution >= 0.6 is 0 Å². The molecule has 2 aromatic rings. The molecule has 108 valence electrons. The number of nitrogens with one attached hydrogen (secondary N) is 2. The number of sulfonamides is 1. The third-order valence-electron chi connectivity index (χ3n) is 3.04. The summed E-state index contributed by atoms with van der Waals surface area (Å²) < 4.78 is 26.5. The van der Waals surface area contributed by atoms with Crippen LogP contribution in [0.5, 0.6) is 0 Å². The lowest BCUT2D eigenvalue weighted by molar-refractivity contribution is 0.598. The van der Waals surface area contributed by atoms with Gasteiger partial charge >= 0.3 is 0 Å². The number of benzene rings is 1. The summed E-state index contributed by atoms with van der Waals surface area (Å²) in [6, 6.07) is 7.49. The van der Waals surface area contributed by atoms with Crippen LogP contribution in [0.4, 0.5) is 5.69 Å². The van der Waals surface area contributed by atoms with E-state index in [0.717, 1.165) is 12.8 Å². The van der Waals surface area contributed by atoms with Gasteiger partial charge in [-0.2, -0.15) is 8.42 Å². The summed E-state index contributed by atoms with van der Waals surface area (Å²) >= 11 is 0. The molecule has 0 aliphatic heterocycles. The van der Waals surface area contributed by atoms with Crippen molar-refractivity contribution < 1.29 is 8.42 Å². The summed E-state index contributed by atoms with van der Waals surface area (Å²) in [5, 5.41) is 0.0597. The predicted octanol–water partition coefficient (Wildman–Crippen LogP) is 2.94. The molecule has 0 spiro atoms. The summed E-state index contributed by atoms with van der Waals surface area (Å²) in [5.74, 6) is 0. The van der Waals surface area contributed by atoms with E-state index in [-0.39, 0.29) is 5.03 Å². The highest BCUT2D eigenvalue weighted by Gasteiger charge is 2.15. The highest BCUT2D eigenvalue weighted by Crippen LogP contribution is 2.16. The van der Waals surface area contributed by atoms with Gasteiger partial charge in [-0.25, -0.2) is 4.98 Å². The first-order valence-corrected chi connectivity index (χ1v) is 8.20. The van der Waals surface area contributed by atoms with Crippen molar-refractivity contribution in [1.82, 2.24) is 9.97 Å². The van der Waals surface area contributed by atoms with Crippen LogP contribution in [0.15, 0.2) is 41.8 Å². The summed E-state index contributed by atoms with van der Waals surface area (Å²) in [4.78, 5) is 6.29. The average molecular weight is 293 g/mol. The van der Waals surface area contributed by atoms with Crippen molar-refractivity contribution in [1.29, 1.82) is 0 Å². The minimum Gasteiger partial charge on any atom is -0.334 e. The molecular formula is C14H19N3O2S. The fourth-order valence-electron chi connectivity index (χ4n) is 1.92. The molecule has 0 atom stereocenters. The Balaban J connectivity index is 2.00. The largest absolute Gasteiger partial charge is 0.334 e. The zero-order valence-corrected chi connectivity index (χ0v) is 12.3. The predicted molar refractivity (Wildman–Crippen MR) is 79.1 cm³/mol. The van der Waals surface area contributed by atoms with Crippen molar-refractivity contribution in [3.63, 3.8) is 0 Å². The molecule has 5 nitrogen and oxygen atoms in total. The second-order valence-electron chi connectivity index (χ2n) is 4.68. The number of H-pyrrole nitrogens is 1. The van der Waals surface area contributed by atoms with E-state index >= 15 is 0 Å². The first-order valence-electron chi connectivity index (χ1n) is 6.72. The Kier molecular flexibility index (Phi) is 4.79. The van der Waals surface area contributed by atoms with E-state index in [4.69, 9.17) is 0 Å². The summed E-state index contributed by atoms with van der Waals surface area (Å²) in [6.07, 6.45) is 7.22. The first-order chi connectivity index (χ1) is 9.62. The zero-order chi connectivity index (χ0) is 14.4. The molecule has 2 N–H and O–H groups in total. The van der Waals surface area contributed by atoms with E-state index in [0.29, 0.717) is 5.69 Å². The van der Waals surface area contributed by atoms with Gasteiger partial charge in [-0.3, -0.25) is 4.72 Å². The van der Waals surface area contributed by atoms with Crippen LogP contribution < -0.4 is 4.72 Å². The van der Waals surface area contributed by atoms with Gasteiger partial charge in [-0.15, -0.1) is 0 Å². The second kappa shape index (κ2) is 6.56. The average Bonchev–Trinajstić information content (AvgIpc) is 2.95. The molecule has 0 radical (unpaired) electrons. The monoisotopic (exact) mass is 293 g/mol. The number of rotatable bonds is 7. The summed E-state index contributed by atoms with van der Waals surface area (Å²) in [7, 11) is -3.57. The normalized spacial score (nSPS) is 11.4. The zero-order valence-electron chi connectivity index (χ0n) is 11.5. The van der Waals surface area contributed by atoms with Crippen LogP contribution in [0, 0.1) is 0 Å². The number of aryl methyl sites for hydroxylation is 1. The maximum atomic E-state index is 12.0. The number of anilines is 1. The Morgan fingerprint density at radius 1 is 1.20 bits per heavy atom. The molecule has 0 fully saturated rings. The second-order valence-corrected chi connectivity index (χ2v) is 6.33. The lowest BCUT2D eigenvalue weighted by Crippen LogP contribution is -2.13. The van der Waals surface area contributed by atoms with E-state index in [1.165, 1.54) is 30.9 Å². The molecule has 1 heterocycles. The topological polar surface area (TPSA) is 74.8 Å². The van der Waals surface area contributed by atoms with Crippen LogP contribution in [0.3, 0.4) is 0 Å². The van der Waals surface area contributed by atoms with E-state index < -0.39 is 10.0 Å². The van der Waals surface area contributed by atoms with Gasteiger partial charge in [0, 0.05) is 5.69 Å². The van der Waals surface area contributed by atoms with Crippen molar-refractivity contribution in [2.75, 3.05) is 4.72 Å². The van der Waals surface area contributed by atoms with Gasteiger partial charge in [0.2, 0.25) is 0 Å². The maximum Gasteiger partial charge on any atom is 0.278 e.